The molecule has 0 atom stereocenters. The molecule has 0 nitrogen and oxygen atoms in total. The molecule has 0 heteroatoms. The zero-order chi connectivity index (χ0) is 15.4. The van der Waals surface area contributed by atoms with Gasteiger partial charge in [0.05, 0.1) is 0 Å². The average Bonchev–Trinajstić information content (AvgIpc) is 2.38. The lowest BCUT2D eigenvalue weighted by Crippen LogP contribution is -1.82. The van der Waals surface area contributed by atoms with Crippen molar-refractivity contribution in [2.45, 2.75) is 80.1 Å². The molecule has 0 amide bonds. The third-order valence-corrected chi connectivity index (χ3v) is 3.65. The van der Waals surface area contributed by atoms with Crippen molar-refractivity contribution in [2.24, 2.45) is 0 Å². The van der Waals surface area contributed by atoms with Gasteiger partial charge < -0.3 is 0 Å². The van der Waals surface area contributed by atoms with Crippen molar-refractivity contribution in [3.63, 3.8) is 0 Å². The molecule has 0 saturated heterocycles. The van der Waals surface area contributed by atoms with Crippen LogP contribution in [-0.2, 0) is 0 Å². The van der Waals surface area contributed by atoms with Gasteiger partial charge in [-0.2, -0.15) is 0 Å². The predicted molar refractivity (Wildman–Crippen MR) is 94.1 cm³/mol. The van der Waals surface area contributed by atoms with Crippen molar-refractivity contribution >= 4 is 0 Å². The van der Waals surface area contributed by atoms with Gasteiger partial charge in [0.1, 0.15) is 0 Å². The summed E-state index contributed by atoms with van der Waals surface area (Å²) >= 11 is 0. The van der Waals surface area contributed by atoms with Gasteiger partial charge in [-0.05, 0) is 80.1 Å². The largest absolute Gasteiger partial charge is 0.0887 e. The fourth-order valence-electron chi connectivity index (χ4n) is 2.03. The molecular weight excluding hydrogens is 240 g/mol. The molecule has 0 spiro atoms. The molecule has 0 aromatic rings. The van der Waals surface area contributed by atoms with E-state index in [-0.39, 0.29) is 0 Å². The number of hydrogen-bond acceptors (Lipinski definition) is 0. The second-order valence-corrected chi connectivity index (χ2v) is 6.13. The van der Waals surface area contributed by atoms with Gasteiger partial charge in [0, 0.05) is 0 Å². The lowest BCUT2D eigenvalue weighted by atomic mass is 10.0. The third-order valence-electron chi connectivity index (χ3n) is 3.65. The molecule has 0 N–H and O–H groups in total. The first-order valence-corrected chi connectivity index (χ1v) is 8.02. The minimum Gasteiger partial charge on any atom is -0.0887 e. The highest BCUT2D eigenvalue weighted by molar-refractivity contribution is 5.06. The maximum Gasteiger partial charge on any atom is -0.0288 e. The van der Waals surface area contributed by atoms with Crippen LogP contribution in [0, 0.1) is 0 Å². The summed E-state index contributed by atoms with van der Waals surface area (Å²) in [6, 6.07) is 0. The Morgan fingerprint density at radius 3 is 1.40 bits per heavy atom. The lowest BCUT2D eigenvalue weighted by Gasteiger charge is -2.02. The Labute approximate surface area is 127 Å². The second kappa shape index (κ2) is 11.8. The summed E-state index contributed by atoms with van der Waals surface area (Å²) in [5, 5.41) is 0. The summed E-state index contributed by atoms with van der Waals surface area (Å²) in [5.74, 6) is 0. The fraction of sp³-hybridized carbons (Fsp3) is 0.600. The zero-order valence-electron chi connectivity index (χ0n) is 14.6. The quantitative estimate of drug-likeness (QED) is 0.391. The van der Waals surface area contributed by atoms with Crippen LogP contribution in [0.5, 0.6) is 0 Å². The summed E-state index contributed by atoms with van der Waals surface area (Å²) in [4.78, 5) is 0. The van der Waals surface area contributed by atoms with Crippen molar-refractivity contribution < 1.29 is 0 Å². The molecule has 0 aliphatic carbocycles. The van der Waals surface area contributed by atoms with E-state index >= 15 is 0 Å². The van der Waals surface area contributed by atoms with Crippen molar-refractivity contribution in [3.05, 3.63) is 46.6 Å². The summed E-state index contributed by atoms with van der Waals surface area (Å²) in [5.41, 5.74) is 5.97. The first kappa shape index (κ1) is 19.0. The highest BCUT2D eigenvalue weighted by Crippen LogP contribution is 2.13. The van der Waals surface area contributed by atoms with Crippen LogP contribution in [0.15, 0.2) is 46.6 Å². The van der Waals surface area contributed by atoms with Crippen molar-refractivity contribution in [2.75, 3.05) is 0 Å². The van der Waals surface area contributed by atoms with Crippen LogP contribution in [0.1, 0.15) is 80.1 Å². The molecule has 0 rings (SSSR count). The first-order chi connectivity index (χ1) is 9.45. The van der Waals surface area contributed by atoms with Crippen LogP contribution in [0.3, 0.4) is 0 Å². The van der Waals surface area contributed by atoms with Crippen LogP contribution in [0.2, 0.25) is 0 Å². The highest BCUT2D eigenvalue weighted by atomic mass is 14.0. The predicted octanol–water partition coefficient (Wildman–Crippen LogP) is 7.15. The minimum absolute atomic E-state index is 1.18. The second-order valence-electron chi connectivity index (χ2n) is 6.13. The topological polar surface area (TPSA) is 0 Å². The van der Waals surface area contributed by atoms with Crippen LogP contribution < -0.4 is 0 Å². The van der Waals surface area contributed by atoms with E-state index in [0.29, 0.717) is 0 Å². The molecule has 0 fully saturated rings. The summed E-state index contributed by atoms with van der Waals surface area (Å²) in [6.07, 6.45) is 16.5. The molecule has 0 aromatic carbocycles. The maximum absolute atomic E-state index is 2.41. The Hall–Kier alpha value is -1.04. The fourth-order valence-corrected chi connectivity index (χ4v) is 2.03. The van der Waals surface area contributed by atoms with E-state index in [1.54, 1.807) is 0 Å². The molecule has 114 valence electrons. The summed E-state index contributed by atoms with van der Waals surface area (Å²) in [6.45, 7) is 13.2. The molecule has 0 radical (unpaired) electrons. The molecule has 0 bridgehead atoms. The minimum atomic E-state index is 1.18. The number of allylic oxidation sites excluding steroid dienone is 8. The Morgan fingerprint density at radius 2 is 1.00 bits per heavy atom. The van der Waals surface area contributed by atoms with Crippen molar-refractivity contribution in [3.8, 4) is 0 Å². The zero-order valence-corrected chi connectivity index (χ0v) is 14.6. The van der Waals surface area contributed by atoms with Gasteiger partial charge in [-0.1, -0.05) is 46.6 Å². The molecule has 0 aliphatic heterocycles. The smallest absolute Gasteiger partial charge is 0.0288 e. The van der Waals surface area contributed by atoms with E-state index in [0.717, 1.165) is 0 Å². The van der Waals surface area contributed by atoms with E-state index in [2.05, 4.69) is 65.8 Å². The SMILES string of the molecule is C/C=C(\C)CC/C=C(/C)CC/C=C(/C)CCC=C(C)C. The van der Waals surface area contributed by atoms with E-state index in [9.17, 15) is 0 Å². The Kier molecular flexibility index (Phi) is 11.1. The van der Waals surface area contributed by atoms with Crippen molar-refractivity contribution in [1.82, 2.24) is 0 Å². The lowest BCUT2D eigenvalue weighted by molar-refractivity contribution is 0.899. The third kappa shape index (κ3) is 12.0. The molecule has 20 heavy (non-hydrogen) atoms. The van der Waals surface area contributed by atoms with Crippen LogP contribution in [0.4, 0.5) is 0 Å². The van der Waals surface area contributed by atoms with Crippen LogP contribution in [0.25, 0.3) is 0 Å². The molecule has 0 saturated carbocycles. The molecule has 0 aliphatic rings. The van der Waals surface area contributed by atoms with Crippen molar-refractivity contribution in [1.29, 1.82) is 0 Å². The maximum atomic E-state index is 2.41. The highest BCUT2D eigenvalue weighted by Gasteiger charge is 1.92. The van der Waals surface area contributed by atoms with Gasteiger partial charge in [0.25, 0.3) is 0 Å². The Bertz CT molecular complexity index is 371. The van der Waals surface area contributed by atoms with Crippen LogP contribution in [-0.4, -0.2) is 0 Å². The van der Waals surface area contributed by atoms with E-state index in [1.807, 2.05) is 0 Å². The standard InChI is InChI=1S/C20H34/c1-7-18(4)12-9-14-20(6)16-10-15-19(5)13-8-11-17(2)3/h7,11,14-15H,8-10,12-13,16H2,1-6H3/b18-7+,19-15-,20-14-. The monoisotopic (exact) mass is 274 g/mol. The van der Waals surface area contributed by atoms with E-state index in [1.165, 1.54) is 60.8 Å². The average molecular weight is 274 g/mol. The summed E-state index contributed by atoms with van der Waals surface area (Å²) in [7, 11) is 0. The Balaban J connectivity index is 3.91. The molecule has 0 aromatic heterocycles. The normalized spacial score (nSPS) is 13.6. The summed E-state index contributed by atoms with van der Waals surface area (Å²) < 4.78 is 0. The first-order valence-electron chi connectivity index (χ1n) is 8.02. The van der Waals surface area contributed by atoms with Crippen LogP contribution >= 0.6 is 0 Å². The van der Waals surface area contributed by atoms with Gasteiger partial charge in [0.2, 0.25) is 0 Å². The van der Waals surface area contributed by atoms with Gasteiger partial charge in [-0.25, -0.2) is 0 Å². The van der Waals surface area contributed by atoms with Gasteiger partial charge >= 0.3 is 0 Å². The van der Waals surface area contributed by atoms with E-state index in [4.69, 9.17) is 0 Å². The molecular formula is C20H34. The van der Waals surface area contributed by atoms with Gasteiger partial charge in [-0.15, -0.1) is 0 Å². The Morgan fingerprint density at radius 1 is 0.600 bits per heavy atom. The van der Waals surface area contributed by atoms with Gasteiger partial charge in [0.15, 0.2) is 0 Å². The molecule has 0 unspecified atom stereocenters. The van der Waals surface area contributed by atoms with Gasteiger partial charge in [-0.3, -0.25) is 0 Å². The number of rotatable bonds is 9. The number of hydrogen-bond donors (Lipinski definition) is 0. The molecule has 0 heterocycles. The van der Waals surface area contributed by atoms with E-state index < -0.39 is 0 Å².